The van der Waals surface area contributed by atoms with Crippen molar-refractivity contribution in [3.8, 4) is 11.5 Å². The van der Waals surface area contributed by atoms with E-state index in [1.165, 1.54) is 0 Å². The van der Waals surface area contributed by atoms with E-state index in [2.05, 4.69) is 10.1 Å². The van der Waals surface area contributed by atoms with E-state index in [0.29, 0.717) is 25.0 Å². The van der Waals surface area contributed by atoms with Gasteiger partial charge in [0.2, 0.25) is 0 Å². The highest BCUT2D eigenvalue weighted by Crippen LogP contribution is 2.25. The molecule has 19 heavy (non-hydrogen) atoms. The first-order valence-corrected chi connectivity index (χ1v) is 5.74. The number of hydrogen-bond donors (Lipinski definition) is 1. The third kappa shape index (κ3) is 2.93. The molecule has 0 saturated carbocycles. The van der Waals surface area contributed by atoms with E-state index >= 15 is 0 Å². The third-order valence-corrected chi connectivity index (χ3v) is 2.66. The Morgan fingerprint density at radius 3 is 2.47 bits per heavy atom. The number of aromatic nitrogens is 2. The van der Waals surface area contributed by atoms with E-state index in [1.807, 2.05) is 6.92 Å². The molecule has 0 aliphatic rings. The molecule has 0 bridgehead atoms. The normalized spacial score (nSPS) is 12.7. The summed E-state index contributed by atoms with van der Waals surface area (Å²) in [5, 5.41) is 3.59. The van der Waals surface area contributed by atoms with Crippen LogP contribution in [0, 0.1) is 17.5 Å². The molecule has 102 valence electrons. The summed E-state index contributed by atoms with van der Waals surface area (Å²) in [5.74, 6) is -3.26. The molecule has 0 spiro atoms. The van der Waals surface area contributed by atoms with Crippen molar-refractivity contribution >= 4 is 0 Å². The molecule has 1 aromatic heterocycles. The quantitative estimate of drug-likeness (QED) is 0.927. The Labute approximate surface area is 107 Å². The molecule has 0 aliphatic carbocycles. The standard InChI is InChI=1S/C12H12F3N3O/c1-2-7(16)5-10-17-12(19-18-10)11-8(14)3-6(13)4-9(11)15/h3-4,7H,2,5,16H2,1H3. The average molecular weight is 271 g/mol. The molecule has 1 atom stereocenters. The van der Waals surface area contributed by atoms with Crippen LogP contribution in [-0.2, 0) is 6.42 Å². The highest BCUT2D eigenvalue weighted by atomic mass is 19.1. The van der Waals surface area contributed by atoms with Gasteiger partial charge in [-0.1, -0.05) is 12.1 Å². The summed E-state index contributed by atoms with van der Waals surface area (Å²) in [6.07, 6.45) is 1.05. The van der Waals surface area contributed by atoms with Gasteiger partial charge >= 0.3 is 0 Å². The predicted molar refractivity (Wildman–Crippen MR) is 61.6 cm³/mol. The van der Waals surface area contributed by atoms with Crippen molar-refractivity contribution in [3.63, 3.8) is 0 Å². The van der Waals surface area contributed by atoms with Crippen LogP contribution in [0.5, 0.6) is 0 Å². The molecule has 2 rings (SSSR count). The summed E-state index contributed by atoms with van der Waals surface area (Å²) in [4.78, 5) is 3.86. The van der Waals surface area contributed by atoms with Gasteiger partial charge in [0, 0.05) is 24.6 Å². The first kappa shape index (κ1) is 13.5. The Hall–Kier alpha value is -1.89. The van der Waals surface area contributed by atoms with Crippen LogP contribution in [0.2, 0.25) is 0 Å². The Morgan fingerprint density at radius 1 is 1.26 bits per heavy atom. The minimum absolute atomic E-state index is 0.159. The second-order valence-electron chi connectivity index (χ2n) is 4.13. The van der Waals surface area contributed by atoms with Crippen molar-refractivity contribution in [2.24, 2.45) is 5.73 Å². The van der Waals surface area contributed by atoms with Crippen molar-refractivity contribution in [1.29, 1.82) is 0 Å². The van der Waals surface area contributed by atoms with Gasteiger partial charge < -0.3 is 10.3 Å². The third-order valence-electron chi connectivity index (χ3n) is 2.66. The molecule has 0 radical (unpaired) electrons. The van der Waals surface area contributed by atoms with Crippen molar-refractivity contribution in [1.82, 2.24) is 10.1 Å². The molecule has 7 heteroatoms. The smallest absolute Gasteiger partial charge is 0.263 e. The lowest BCUT2D eigenvalue weighted by atomic mass is 10.1. The number of nitrogens with zero attached hydrogens (tertiary/aromatic N) is 2. The summed E-state index contributed by atoms with van der Waals surface area (Å²) in [7, 11) is 0. The van der Waals surface area contributed by atoms with Crippen molar-refractivity contribution < 1.29 is 17.7 Å². The monoisotopic (exact) mass is 271 g/mol. The maximum absolute atomic E-state index is 13.5. The molecule has 2 aromatic rings. The van der Waals surface area contributed by atoms with Crippen LogP contribution in [0.25, 0.3) is 11.5 Å². The molecular weight excluding hydrogens is 259 g/mol. The van der Waals surface area contributed by atoms with E-state index in [9.17, 15) is 13.2 Å². The predicted octanol–water partition coefficient (Wildman–Crippen LogP) is 2.43. The lowest BCUT2D eigenvalue weighted by Gasteiger charge is -2.02. The van der Waals surface area contributed by atoms with Crippen LogP contribution in [-0.4, -0.2) is 16.2 Å². The molecule has 1 heterocycles. The molecule has 1 aromatic carbocycles. The van der Waals surface area contributed by atoms with Crippen molar-refractivity contribution in [2.45, 2.75) is 25.8 Å². The van der Waals surface area contributed by atoms with Gasteiger partial charge in [0.05, 0.1) is 0 Å². The SMILES string of the molecule is CCC(N)Cc1noc(-c2c(F)cc(F)cc2F)n1. The van der Waals surface area contributed by atoms with Gasteiger partial charge in [-0.3, -0.25) is 0 Å². The van der Waals surface area contributed by atoms with Crippen molar-refractivity contribution in [3.05, 3.63) is 35.4 Å². The number of halogens is 3. The van der Waals surface area contributed by atoms with Gasteiger partial charge in [-0.25, -0.2) is 13.2 Å². The minimum Gasteiger partial charge on any atom is -0.334 e. The highest BCUT2D eigenvalue weighted by Gasteiger charge is 2.20. The second-order valence-corrected chi connectivity index (χ2v) is 4.13. The largest absolute Gasteiger partial charge is 0.334 e. The fraction of sp³-hybridized carbons (Fsp3) is 0.333. The Morgan fingerprint density at radius 2 is 1.89 bits per heavy atom. The van der Waals surface area contributed by atoms with E-state index < -0.39 is 23.0 Å². The number of rotatable bonds is 4. The van der Waals surface area contributed by atoms with Crippen LogP contribution in [0.3, 0.4) is 0 Å². The zero-order chi connectivity index (χ0) is 14.0. The second kappa shape index (κ2) is 5.40. The Kier molecular flexibility index (Phi) is 3.84. The summed E-state index contributed by atoms with van der Waals surface area (Å²) in [6.45, 7) is 1.89. The lowest BCUT2D eigenvalue weighted by molar-refractivity contribution is 0.413. The van der Waals surface area contributed by atoms with E-state index in [0.717, 1.165) is 0 Å². The first-order chi connectivity index (χ1) is 9.01. The van der Waals surface area contributed by atoms with E-state index in [4.69, 9.17) is 10.3 Å². The Balaban J connectivity index is 2.33. The summed E-state index contributed by atoms with van der Waals surface area (Å²) in [5.41, 5.74) is 5.18. The van der Waals surface area contributed by atoms with Crippen LogP contribution in [0.15, 0.2) is 16.7 Å². The fourth-order valence-corrected chi connectivity index (χ4v) is 1.56. The van der Waals surface area contributed by atoms with Crippen LogP contribution in [0.1, 0.15) is 19.2 Å². The molecule has 0 fully saturated rings. The van der Waals surface area contributed by atoms with Gasteiger partial charge in [-0.2, -0.15) is 4.98 Å². The van der Waals surface area contributed by atoms with E-state index in [1.54, 1.807) is 0 Å². The zero-order valence-corrected chi connectivity index (χ0v) is 10.2. The summed E-state index contributed by atoms with van der Waals surface area (Å²) in [6, 6.07) is 0.952. The topological polar surface area (TPSA) is 64.9 Å². The molecule has 0 saturated heterocycles. The molecule has 1 unspecified atom stereocenters. The maximum atomic E-state index is 13.5. The molecule has 0 aliphatic heterocycles. The van der Waals surface area contributed by atoms with Crippen LogP contribution in [0.4, 0.5) is 13.2 Å². The number of hydrogen-bond acceptors (Lipinski definition) is 4. The maximum Gasteiger partial charge on any atom is 0.263 e. The molecule has 2 N–H and O–H groups in total. The first-order valence-electron chi connectivity index (χ1n) is 5.74. The van der Waals surface area contributed by atoms with Crippen LogP contribution < -0.4 is 5.73 Å². The van der Waals surface area contributed by atoms with Gasteiger partial charge in [0.1, 0.15) is 23.0 Å². The van der Waals surface area contributed by atoms with Gasteiger partial charge in [-0.15, -0.1) is 0 Å². The fourth-order valence-electron chi connectivity index (χ4n) is 1.56. The van der Waals surface area contributed by atoms with E-state index in [-0.39, 0.29) is 17.8 Å². The van der Waals surface area contributed by atoms with Gasteiger partial charge in [-0.05, 0) is 6.42 Å². The van der Waals surface area contributed by atoms with Gasteiger partial charge in [0.15, 0.2) is 5.82 Å². The summed E-state index contributed by atoms with van der Waals surface area (Å²) >= 11 is 0. The van der Waals surface area contributed by atoms with Crippen LogP contribution >= 0.6 is 0 Å². The lowest BCUT2D eigenvalue weighted by Crippen LogP contribution is -2.21. The Bertz CT molecular complexity index is 562. The molecule has 4 nitrogen and oxygen atoms in total. The van der Waals surface area contributed by atoms with Gasteiger partial charge in [0.25, 0.3) is 5.89 Å². The minimum atomic E-state index is -1.09. The highest BCUT2D eigenvalue weighted by molar-refractivity contribution is 5.54. The number of benzene rings is 1. The number of nitrogens with two attached hydrogens (primary N) is 1. The summed E-state index contributed by atoms with van der Waals surface area (Å²) < 4.78 is 44.6. The van der Waals surface area contributed by atoms with Crippen molar-refractivity contribution in [2.75, 3.05) is 0 Å². The molecular formula is C12H12F3N3O. The average Bonchev–Trinajstić information content (AvgIpc) is 2.75. The molecule has 0 amide bonds. The zero-order valence-electron chi connectivity index (χ0n) is 10.2.